The summed E-state index contributed by atoms with van der Waals surface area (Å²) in [5, 5.41) is 11.6. The molecule has 0 aliphatic heterocycles. The molecule has 200 valence electrons. The number of ether oxygens (including phenoxy) is 1. The minimum absolute atomic E-state index is 0.00296. The molecule has 0 N–H and O–H groups in total. The van der Waals surface area contributed by atoms with Crippen LogP contribution in [-0.2, 0) is 19.0 Å². The lowest BCUT2D eigenvalue weighted by atomic mass is 9.94. The van der Waals surface area contributed by atoms with Gasteiger partial charge in [-0.2, -0.15) is 26.3 Å². The molecule has 0 fully saturated rings. The predicted octanol–water partition coefficient (Wildman–Crippen LogP) is 6.95. The van der Waals surface area contributed by atoms with E-state index in [4.69, 9.17) is 16.3 Å². The number of allylic oxidation sites excluding steroid dienone is 2. The van der Waals surface area contributed by atoms with Crippen LogP contribution in [0.25, 0.3) is 11.1 Å². The van der Waals surface area contributed by atoms with Crippen molar-refractivity contribution < 1.29 is 45.4 Å². The van der Waals surface area contributed by atoms with Crippen LogP contribution in [0.3, 0.4) is 0 Å². The molecule has 1 aliphatic carbocycles. The van der Waals surface area contributed by atoms with Crippen LogP contribution in [0.5, 0.6) is 5.75 Å². The monoisotopic (exact) mass is 558 g/mol. The Bertz CT molecular complexity index is 1430. The van der Waals surface area contributed by atoms with E-state index < -0.39 is 41.0 Å². The topological polar surface area (TPSA) is 62.2 Å². The van der Waals surface area contributed by atoms with Crippen molar-refractivity contribution in [3.63, 3.8) is 0 Å². The summed E-state index contributed by atoms with van der Waals surface area (Å²) in [6, 6.07) is 7.29. The Balaban J connectivity index is 1.82. The SMILES string of the molecule is O=C([O-])c1cc(C2=C(c3cc(C(F)(F)F)ccc3OCc3ccc(Cl)cc3F)CCC2)cnc1C(F)(F)F. The van der Waals surface area contributed by atoms with Crippen LogP contribution in [0.2, 0.25) is 5.02 Å². The molecule has 0 unspecified atom stereocenters. The molecule has 4 rings (SSSR count). The van der Waals surface area contributed by atoms with Crippen molar-refractivity contribution in [3.05, 3.63) is 93.0 Å². The van der Waals surface area contributed by atoms with Gasteiger partial charge in [0.05, 0.1) is 11.5 Å². The minimum atomic E-state index is -5.06. The summed E-state index contributed by atoms with van der Waals surface area (Å²) in [4.78, 5) is 14.7. The van der Waals surface area contributed by atoms with E-state index in [0.29, 0.717) is 17.6 Å². The molecule has 2 aromatic carbocycles. The number of aromatic carboxylic acids is 1. The Morgan fingerprint density at radius 3 is 2.32 bits per heavy atom. The standard InChI is InChI=1S/C26H17ClF7NO3/c27-16-6-4-13(21(28)10-16)12-38-22-7-5-15(25(29,30)31)9-19(22)18-3-1-2-17(18)14-8-20(24(36)37)23(35-11-14)26(32,33)34/h4-11H,1-3,12H2,(H,36,37)/p-1. The zero-order valence-electron chi connectivity index (χ0n) is 19.1. The Labute approximate surface area is 216 Å². The number of nitrogens with zero attached hydrogens (tertiary/aromatic N) is 1. The number of rotatable bonds is 6. The van der Waals surface area contributed by atoms with Crippen LogP contribution < -0.4 is 9.84 Å². The Kier molecular flexibility index (Phi) is 7.42. The Hall–Kier alpha value is -3.60. The summed E-state index contributed by atoms with van der Waals surface area (Å²) in [6.07, 6.45) is -8.06. The maximum Gasteiger partial charge on any atom is 0.433 e. The van der Waals surface area contributed by atoms with E-state index >= 15 is 0 Å². The third kappa shape index (κ3) is 5.77. The number of alkyl halides is 6. The first-order valence-electron chi connectivity index (χ1n) is 11.0. The van der Waals surface area contributed by atoms with Gasteiger partial charge in [-0.3, -0.25) is 4.98 Å². The summed E-state index contributed by atoms with van der Waals surface area (Å²) in [6.45, 7) is -0.347. The molecule has 0 atom stereocenters. The molecule has 1 aromatic heterocycles. The van der Waals surface area contributed by atoms with Crippen molar-refractivity contribution in [2.45, 2.75) is 38.2 Å². The molecule has 12 heteroatoms. The molecular weight excluding hydrogens is 543 g/mol. The first kappa shape index (κ1) is 27.4. The van der Waals surface area contributed by atoms with E-state index in [1.54, 1.807) is 0 Å². The summed E-state index contributed by atoms with van der Waals surface area (Å²) < 4.78 is 100. The van der Waals surface area contributed by atoms with Gasteiger partial charge >= 0.3 is 12.4 Å². The summed E-state index contributed by atoms with van der Waals surface area (Å²) in [5.74, 6) is -2.81. The fourth-order valence-electron chi connectivity index (χ4n) is 4.23. The van der Waals surface area contributed by atoms with Crippen LogP contribution in [0.4, 0.5) is 30.7 Å². The van der Waals surface area contributed by atoms with E-state index in [1.165, 1.54) is 12.1 Å². The van der Waals surface area contributed by atoms with Gasteiger partial charge in [-0.25, -0.2) is 4.39 Å². The minimum Gasteiger partial charge on any atom is -0.545 e. The Morgan fingerprint density at radius 1 is 0.974 bits per heavy atom. The van der Waals surface area contributed by atoms with Gasteiger partial charge in [-0.1, -0.05) is 17.7 Å². The Morgan fingerprint density at radius 2 is 1.68 bits per heavy atom. The van der Waals surface area contributed by atoms with E-state index in [2.05, 4.69) is 4.98 Å². The van der Waals surface area contributed by atoms with E-state index in [0.717, 1.165) is 36.5 Å². The van der Waals surface area contributed by atoms with E-state index in [1.807, 2.05) is 0 Å². The fraction of sp³-hybridized carbons (Fsp3) is 0.231. The van der Waals surface area contributed by atoms with Gasteiger partial charge in [0, 0.05) is 27.9 Å². The van der Waals surface area contributed by atoms with E-state index in [-0.39, 0.29) is 46.9 Å². The average molecular weight is 559 g/mol. The molecule has 0 saturated carbocycles. The molecule has 1 heterocycles. The van der Waals surface area contributed by atoms with Crippen molar-refractivity contribution in [2.75, 3.05) is 0 Å². The first-order valence-corrected chi connectivity index (χ1v) is 11.4. The van der Waals surface area contributed by atoms with Crippen molar-refractivity contribution in [1.82, 2.24) is 4.98 Å². The van der Waals surface area contributed by atoms with Crippen LogP contribution in [0.1, 0.15) is 57.6 Å². The van der Waals surface area contributed by atoms with Crippen LogP contribution in [0, 0.1) is 5.82 Å². The number of carbonyl (C=O) groups is 1. The predicted molar refractivity (Wildman–Crippen MR) is 121 cm³/mol. The molecule has 0 spiro atoms. The maximum atomic E-state index is 14.2. The molecule has 0 saturated heterocycles. The first-order chi connectivity index (χ1) is 17.8. The van der Waals surface area contributed by atoms with Crippen molar-refractivity contribution >= 4 is 28.7 Å². The number of halogens is 8. The second-order valence-electron chi connectivity index (χ2n) is 8.45. The highest BCUT2D eigenvalue weighted by molar-refractivity contribution is 6.30. The molecule has 38 heavy (non-hydrogen) atoms. The van der Waals surface area contributed by atoms with E-state index in [9.17, 15) is 40.6 Å². The molecule has 1 aliphatic rings. The highest BCUT2D eigenvalue weighted by atomic mass is 35.5. The number of benzene rings is 2. The van der Waals surface area contributed by atoms with Gasteiger partial charge in [-0.15, -0.1) is 0 Å². The summed E-state index contributed by atoms with van der Waals surface area (Å²) in [7, 11) is 0. The lowest BCUT2D eigenvalue weighted by Gasteiger charge is -2.18. The van der Waals surface area contributed by atoms with Gasteiger partial charge < -0.3 is 14.6 Å². The second-order valence-corrected chi connectivity index (χ2v) is 8.89. The van der Waals surface area contributed by atoms with Gasteiger partial charge in [0.1, 0.15) is 18.2 Å². The van der Waals surface area contributed by atoms with Gasteiger partial charge in [0.2, 0.25) is 0 Å². The molecule has 0 radical (unpaired) electrons. The van der Waals surface area contributed by atoms with Gasteiger partial charge in [0.25, 0.3) is 0 Å². The second kappa shape index (κ2) is 10.3. The largest absolute Gasteiger partial charge is 0.545 e. The molecule has 0 bridgehead atoms. The smallest absolute Gasteiger partial charge is 0.433 e. The van der Waals surface area contributed by atoms with Crippen molar-refractivity contribution in [2.24, 2.45) is 0 Å². The average Bonchev–Trinajstić information content (AvgIpc) is 3.31. The molecule has 3 aromatic rings. The van der Waals surface area contributed by atoms with Crippen LogP contribution >= 0.6 is 11.6 Å². The quantitative estimate of drug-likeness (QED) is 0.307. The van der Waals surface area contributed by atoms with Crippen molar-refractivity contribution in [1.29, 1.82) is 0 Å². The van der Waals surface area contributed by atoms with Gasteiger partial charge in [0.15, 0.2) is 5.69 Å². The number of carboxylic acid groups (broad SMARTS) is 1. The lowest BCUT2D eigenvalue weighted by molar-refractivity contribution is -0.255. The number of hydrogen-bond donors (Lipinski definition) is 0. The molecular formula is C26H16ClF7NO3-. The maximum absolute atomic E-state index is 14.2. The van der Waals surface area contributed by atoms with Crippen LogP contribution in [-0.4, -0.2) is 11.0 Å². The molecule has 0 amide bonds. The third-order valence-corrected chi connectivity index (χ3v) is 6.21. The number of hydrogen-bond acceptors (Lipinski definition) is 4. The number of carbonyl (C=O) groups excluding carboxylic acids is 1. The van der Waals surface area contributed by atoms with Crippen molar-refractivity contribution in [3.8, 4) is 5.75 Å². The summed E-state index contributed by atoms with van der Waals surface area (Å²) in [5.41, 5.74) is -3.12. The highest BCUT2D eigenvalue weighted by Crippen LogP contribution is 2.45. The molecule has 4 nitrogen and oxygen atoms in total. The summed E-state index contributed by atoms with van der Waals surface area (Å²) >= 11 is 5.74. The number of aromatic nitrogens is 1. The number of pyridine rings is 1. The third-order valence-electron chi connectivity index (χ3n) is 5.97. The zero-order valence-corrected chi connectivity index (χ0v) is 19.9. The number of carboxylic acids is 1. The zero-order chi connectivity index (χ0) is 27.8. The fourth-order valence-corrected chi connectivity index (χ4v) is 4.39. The lowest BCUT2D eigenvalue weighted by Crippen LogP contribution is -2.27. The van der Waals surface area contributed by atoms with Gasteiger partial charge in [-0.05, 0) is 72.4 Å². The van der Waals surface area contributed by atoms with Crippen LogP contribution in [0.15, 0.2) is 48.7 Å². The highest BCUT2D eigenvalue weighted by Gasteiger charge is 2.36. The normalized spacial score (nSPS) is 14.2.